The van der Waals surface area contributed by atoms with Gasteiger partial charge < -0.3 is 10.5 Å². The smallest absolute Gasteiger partial charge is 0.257 e. The summed E-state index contributed by atoms with van der Waals surface area (Å²) in [5, 5.41) is 5.28. The van der Waals surface area contributed by atoms with Gasteiger partial charge in [-0.05, 0) is 23.8 Å². The Morgan fingerprint density at radius 1 is 1.25 bits per heavy atom. The minimum absolute atomic E-state index is 0.206. The van der Waals surface area contributed by atoms with Crippen LogP contribution in [0.4, 0.5) is 5.13 Å². The predicted molar refractivity (Wildman–Crippen MR) is 96.4 cm³/mol. The van der Waals surface area contributed by atoms with E-state index in [1.807, 2.05) is 47.8 Å². The number of ether oxygens (including phenoxy) is 1. The summed E-state index contributed by atoms with van der Waals surface area (Å²) in [6.45, 7) is 0.316. The van der Waals surface area contributed by atoms with E-state index < -0.39 is 0 Å². The van der Waals surface area contributed by atoms with Gasteiger partial charge in [0.2, 0.25) is 0 Å². The first-order valence-corrected chi connectivity index (χ1v) is 8.28. The van der Waals surface area contributed by atoms with Crippen molar-refractivity contribution in [2.75, 3.05) is 12.4 Å². The fourth-order valence-corrected chi connectivity index (χ4v) is 3.05. The molecular formula is C18H17N3O2S. The number of thiazole rings is 1. The predicted octanol–water partition coefficient (Wildman–Crippen LogP) is 3.53. The maximum absolute atomic E-state index is 12.4. The Kier molecular flexibility index (Phi) is 4.88. The summed E-state index contributed by atoms with van der Waals surface area (Å²) in [7, 11) is 1.63. The van der Waals surface area contributed by atoms with Crippen molar-refractivity contribution in [3.8, 4) is 17.0 Å². The Labute approximate surface area is 144 Å². The van der Waals surface area contributed by atoms with Crippen LogP contribution in [-0.2, 0) is 6.54 Å². The van der Waals surface area contributed by atoms with Crippen LogP contribution in [0.2, 0.25) is 0 Å². The third kappa shape index (κ3) is 3.45. The molecule has 6 heteroatoms. The summed E-state index contributed by atoms with van der Waals surface area (Å²) in [5.41, 5.74) is 8.79. The van der Waals surface area contributed by atoms with Gasteiger partial charge in [-0.25, -0.2) is 4.98 Å². The number of amides is 1. The highest BCUT2D eigenvalue weighted by atomic mass is 32.1. The van der Waals surface area contributed by atoms with Crippen LogP contribution in [0, 0.1) is 0 Å². The molecule has 3 aromatic rings. The van der Waals surface area contributed by atoms with Crippen molar-refractivity contribution >= 4 is 22.4 Å². The molecule has 0 saturated heterocycles. The minimum atomic E-state index is -0.206. The summed E-state index contributed by atoms with van der Waals surface area (Å²) in [5.74, 6) is 0.561. The number of methoxy groups -OCH3 is 1. The first-order chi connectivity index (χ1) is 11.7. The highest BCUT2D eigenvalue weighted by Crippen LogP contribution is 2.27. The molecule has 0 bridgehead atoms. The van der Waals surface area contributed by atoms with Gasteiger partial charge >= 0.3 is 0 Å². The topological polar surface area (TPSA) is 77.2 Å². The van der Waals surface area contributed by atoms with Crippen molar-refractivity contribution in [3.63, 3.8) is 0 Å². The number of benzene rings is 2. The molecular weight excluding hydrogens is 322 g/mol. The van der Waals surface area contributed by atoms with Gasteiger partial charge in [0.15, 0.2) is 5.13 Å². The first-order valence-electron chi connectivity index (χ1n) is 7.40. The zero-order valence-corrected chi connectivity index (χ0v) is 14.0. The maximum Gasteiger partial charge on any atom is 0.257 e. The summed E-state index contributed by atoms with van der Waals surface area (Å²) in [4.78, 5) is 16.9. The number of nitrogens with zero attached hydrogens (tertiary/aromatic N) is 1. The quantitative estimate of drug-likeness (QED) is 0.745. The van der Waals surface area contributed by atoms with E-state index in [1.165, 1.54) is 11.3 Å². The van der Waals surface area contributed by atoms with Gasteiger partial charge in [0, 0.05) is 23.1 Å². The lowest BCUT2D eigenvalue weighted by Crippen LogP contribution is -2.15. The summed E-state index contributed by atoms with van der Waals surface area (Å²) in [6.07, 6.45) is 0. The number of aromatic nitrogens is 1. The molecule has 0 aliphatic carbocycles. The molecule has 1 aromatic heterocycles. The van der Waals surface area contributed by atoms with Crippen LogP contribution in [0.15, 0.2) is 53.9 Å². The van der Waals surface area contributed by atoms with Gasteiger partial charge in [-0.15, -0.1) is 11.3 Å². The third-order valence-electron chi connectivity index (χ3n) is 3.57. The van der Waals surface area contributed by atoms with E-state index >= 15 is 0 Å². The molecule has 3 N–H and O–H groups in total. The monoisotopic (exact) mass is 339 g/mol. The van der Waals surface area contributed by atoms with Gasteiger partial charge in [0.1, 0.15) is 5.75 Å². The number of carbonyl (C=O) groups excluding carboxylic acids is 1. The zero-order valence-electron chi connectivity index (χ0n) is 13.2. The summed E-state index contributed by atoms with van der Waals surface area (Å²) in [6, 6.07) is 14.9. The second-order valence-electron chi connectivity index (χ2n) is 5.09. The van der Waals surface area contributed by atoms with Crippen molar-refractivity contribution in [2.24, 2.45) is 5.73 Å². The number of nitrogens with one attached hydrogen (secondary N) is 1. The molecule has 5 nitrogen and oxygen atoms in total. The van der Waals surface area contributed by atoms with Crippen LogP contribution >= 0.6 is 11.3 Å². The average molecular weight is 339 g/mol. The third-order valence-corrected chi connectivity index (χ3v) is 4.33. The first kappa shape index (κ1) is 16.2. The van der Waals surface area contributed by atoms with E-state index in [2.05, 4.69) is 10.3 Å². The van der Waals surface area contributed by atoms with Gasteiger partial charge in [0.05, 0.1) is 12.8 Å². The Morgan fingerprint density at radius 2 is 2.08 bits per heavy atom. The molecule has 0 spiro atoms. The lowest BCUT2D eigenvalue weighted by molar-refractivity contribution is 0.102. The molecule has 122 valence electrons. The van der Waals surface area contributed by atoms with Gasteiger partial charge in [-0.3, -0.25) is 10.1 Å². The van der Waals surface area contributed by atoms with E-state index in [-0.39, 0.29) is 5.91 Å². The lowest BCUT2D eigenvalue weighted by Gasteiger charge is -2.06. The van der Waals surface area contributed by atoms with Crippen molar-refractivity contribution in [3.05, 3.63) is 65.0 Å². The SMILES string of the molecule is COc1cccc(-c2csc(NC(=O)c3ccccc3CN)n2)c1. The number of hydrogen-bond acceptors (Lipinski definition) is 5. The van der Waals surface area contributed by atoms with E-state index in [0.29, 0.717) is 17.2 Å². The van der Waals surface area contributed by atoms with Crippen LogP contribution in [0.1, 0.15) is 15.9 Å². The van der Waals surface area contributed by atoms with Crippen LogP contribution in [0.5, 0.6) is 5.75 Å². The molecule has 1 heterocycles. The molecule has 0 atom stereocenters. The van der Waals surface area contributed by atoms with Crippen molar-refractivity contribution in [1.29, 1.82) is 0 Å². The molecule has 3 rings (SSSR count). The minimum Gasteiger partial charge on any atom is -0.497 e. The second-order valence-corrected chi connectivity index (χ2v) is 5.94. The molecule has 1 amide bonds. The zero-order chi connectivity index (χ0) is 16.9. The average Bonchev–Trinajstić information content (AvgIpc) is 3.10. The molecule has 0 saturated carbocycles. The molecule has 0 radical (unpaired) electrons. The number of nitrogens with two attached hydrogens (primary N) is 1. The van der Waals surface area contributed by atoms with E-state index in [9.17, 15) is 4.79 Å². The standard InChI is InChI=1S/C18H17N3O2S/c1-23-14-7-4-6-12(9-14)16-11-24-18(20-16)21-17(22)15-8-3-2-5-13(15)10-19/h2-9,11H,10,19H2,1H3,(H,20,21,22). The molecule has 0 aliphatic heterocycles. The molecule has 0 aliphatic rings. The van der Waals surface area contributed by atoms with Crippen molar-refractivity contribution < 1.29 is 9.53 Å². The normalized spacial score (nSPS) is 10.4. The van der Waals surface area contributed by atoms with Gasteiger partial charge in [0.25, 0.3) is 5.91 Å². The molecule has 24 heavy (non-hydrogen) atoms. The highest BCUT2D eigenvalue weighted by Gasteiger charge is 2.13. The van der Waals surface area contributed by atoms with Crippen LogP contribution in [0.3, 0.4) is 0 Å². The Bertz CT molecular complexity index is 861. The Morgan fingerprint density at radius 3 is 2.88 bits per heavy atom. The van der Waals surface area contributed by atoms with Gasteiger partial charge in [-0.2, -0.15) is 0 Å². The summed E-state index contributed by atoms with van der Waals surface area (Å²) < 4.78 is 5.23. The fraction of sp³-hybridized carbons (Fsp3) is 0.111. The maximum atomic E-state index is 12.4. The molecule has 2 aromatic carbocycles. The van der Waals surface area contributed by atoms with E-state index in [1.54, 1.807) is 13.2 Å². The van der Waals surface area contributed by atoms with Crippen LogP contribution < -0.4 is 15.8 Å². The Balaban J connectivity index is 1.79. The molecule has 0 unspecified atom stereocenters. The number of anilines is 1. The number of carbonyl (C=O) groups is 1. The fourth-order valence-electron chi connectivity index (χ4n) is 2.33. The lowest BCUT2D eigenvalue weighted by atomic mass is 10.1. The van der Waals surface area contributed by atoms with Gasteiger partial charge in [-0.1, -0.05) is 30.3 Å². The number of hydrogen-bond donors (Lipinski definition) is 2. The van der Waals surface area contributed by atoms with Crippen molar-refractivity contribution in [1.82, 2.24) is 4.98 Å². The summed E-state index contributed by atoms with van der Waals surface area (Å²) >= 11 is 1.38. The number of rotatable bonds is 5. The van der Waals surface area contributed by atoms with Crippen LogP contribution in [0.25, 0.3) is 11.3 Å². The van der Waals surface area contributed by atoms with E-state index in [4.69, 9.17) is 10.5 Å². The highest BCUT2D eigenvalue weighted by molar-refractivity contribution is 7.14. The Hall–Kier alpha value is -2.70. The van der Waals surface area contributed by atoms with Crippen molar-refractivity contribution in [2.45, 2.75) is 6.54 Å². The second kappa shape index (κ2) is 7.25. The largest absolute Gasteiger partial charge is 0.497 e. The van der Waals surface area contributed by atoms with Crippen LogP contribution in [-0.4, -0.2) is 18.0 Å². The van der Waals surface area contributed by atoms with E-state index in [0.717, 1.165) is 22.6 Å². The molecule has 0 fully saturated rings.